The third-order valence-electron chi connectivity index (χ3n) is 9.11. The van der Waals surface area contributed by atoms with Crippen LogP contribution in [-0.4, -0.2) is 27.0 Å². The molecule has 0 bridgehead atoms. The predicted octanol–water partition coefficient (Wildman–Crippen LogP) is 9.38. The predicted molar refractivity (Wildman–Crippen MR) is 191 cm³/mol. The molecule has 238 valence electrons. The van der Waals surface area contributed by atoms with E-state index in [-0.39, 0.29) is 12.4 Å². The number of aromatic nitrogens is 2. The molecule has 6 aromatic rings. The van der Waals surface area contributed by atoms with Crippen molar-refractivity contribution in [3.63, 3.8) is 0 Å². The first kappa shape index (κ1) is 31.2. The van der Waals surface area contributed by atoms with E-state index in [0.717, 1.165) is 79.9 Å². The summed E-state index contributed by atoms with van der Waals surface area (Å²) in [7, 11) is 0. The number of carboxylic acid groups (broad SMARTS) is 1. The van der Waals surface area contributed by atoms with Crippen LogP contribution in [0, 0.1) is 20.8 Å². The number of hydrogen-bond acceptors (Lipinski definition) is 7. The van der Waals surface area contributed by atoms with E-state index < -0.39 is 5.97 Å². The Morgan fingerprint density at radius 2 is 1.55 bits per heavy atom. The number of thiophene rings is 2. The van der Waals surface area contributed by atoms with Crippen molar-refractivity contribution in [1.29, 1.82) is 0 Å². The van der Waals surface area contributed by atoms with Crippen LogP contribution in [0.3, 0.4) is 0 Å². The standard InChI is InChI=1S/C20H19NO2S.C19H17NO2S/c1-11-7-8-14(12(2)9-11)19-17(23-13(3)22)10-16-15-5-4-6-18(15)24-20(16)21-19;1-11-14(10-16(21)22)17(12-6-3-2-4-7-12)18-13-8-5-9-15(13)23-19(18)20-11/h7-10H,4-6H2,1-3H3;2-4,6-7H,5,8-10H2,1H3,(H,21,22). The van der Waals surface area contributed by atoms with Crippen molar-refractivity contribution in [2.45, 2.75) is 72.6 Å². The first-order valence-electron chi connectivity index (χ1n) is 16.1. The van der Waals surface area contributed by atoms with Gasteiger partial charge in [-0.25, -0.2) is 9.97 Å². The number of aliphatic carboxylic acids is 1. The Bertz CT molecular complexity index is 2200. The van der Waals surface area contributed by atoms with Crippen LogP contribution in [0.2, 0.25) is 0 Å². The van der Waals surface area contributed by atoms with Crippen LogP contribution in [-0.2, 0) is 41.7 Å². The van der Waals surface area contributed by atoms with E-state index in [9.17, 15) is 14.7 Å². The molecule has 0 saturated heterocycles. The van der Waals surface area contributed by atoms with Crippen molar-refractivity contribution >= 4 is 55.0 Å². The number of ether oxygens (including phenoxy) is 1. The van der Waals surface area contributed by atoms with Crippen LogP contribution >= 0.6 is 22.7 Å². The van der Waals surface area contributed by atoms with Crippen molar-refractivity contribution in [3.05, 3.63) is 97.9 Å². The fourth-order valence-electron chi connectivity index (χ4n) is 7.08. The summed E-state index contributed by atoms with van der Waals surface area (Å²) in [5.74, 6) is -0.554. The fourth-order valence-corrected chi connectivity index (χ4v) is 9.64. The maximum atomic E-state index is 11.6. The number of pyridine rings is 2. The normalized spacial score (nSPS) is 13.4. The maximum absolute atomic E-state index is 11.6. The first-order chi connectivity index (χ1) is 22.7. The van der Waals surface area contributed by atoms with Crippen LogP contribution in [0.1, 0.15) is 63.0 Å². The Morgan fingerprint density at radius 1 is 0.851 bits per heavy atom. The zero-order valence-electron chi connectivity index (χ0n) is 27.0. The lowest BCUT2D eigenvalue weighted by Gasteiger charge is -2.14. The van der Waals surface area contributed by atoms with Crippen molar-refractivity contribution in [2.75, 3.05) is 0 Å². The Balaban J connectivity index is 0.000000150. The molecule has 2 aliphatic carbocycles. The average molecular weight is 661 g/mol. The van der Waals surface area contributed by atoms with Crippen molar-refractivity contribution < 1.29 is 19.4 Å². The topological polar surface area (TPSA) is 89.4 Å². The fraction of sp³-hybridized carbons (Fsp3) is 0.282. The number of carbonyl (C=O) groups is 2. The highest BCUT2D eigenvalue weighted by Gasteiger charge is 2.25. The number of hydrogen-bond donors (Lipinski definition) is 1. The molecule has 4 aromatic heterocycles. The van der Waals surface area contributed by atoms with Crippen molar-refractivity contribution in [2.24, 2.45) is 0 Å². The summed E-state index contributed by atoms with van der Waals surface area (Å²) in [6.07, 6.45) is 6.85. The Hall–Kier alpha value is -4.40. The molecule has 0 saturated carbocycles. The lowest BCUT2D eigenvalue weighted by atomic mass is 9.92. The molecule has 8 rings (SSSR count). The van der Waals surface area contributed by atoms with E-state index in [1.807, 2.05) is 31.2 Å². The molecular weight excluding hydrogens is 625 g/mol. The molecule has 0 radical (unpaired) electrons. The smallest absolute Gasteiger partial charge is 0.308 e. The SMILES string of the molecule is CC(=O)Oc1cc2c3c(sc2nc1-c1ccc(C)cc1C)CCC3.Cc1nc2sc3c(c2c(-c2ccccc2)c1CC(=O)O)CCC3. The number of carboxylic acids is 1. The summed E-state index contributed by atoms with van der Waals surface area (Å²) in [5.41, 5.74) is 10.8. The number of carbonyl (C=O) groups excluding carboxylic acids is 1. The van der Waals surface area contributed by atoms with Gasteiger partial charge in [0.1, 0.15) is 15.4 Å². The van der Waals surface area contributed by atoms with Gasteiger partial charge in [-0.1, -0.05) is 54.1 Å². The quantitative estimate of drug-likeness (QED) is 0.185. The minimum atomic E-state index is -0.807. The summed E-state index contributed by atoms with van der Waals surface area (Å²) >= 11 is 3.56. The summed E-state index contributed by atoms with van der Waals surface area (Å²) < 4.78 is 5.53. The lowest BCUT2D eigenvalue weighted by Crippen LogP contribution is -2.06. The molecule has 0 atom stereocenters. The molecule has 2 aliphatic rings. The van der Waals surface area contributed by atoms with Gasteiger partial charge in [0.25, 0.3) is 0 Å². The molecular formula is C39H36N2O4S2. The minimum Gasteiger partial charge on any atom is -0.481 e. The first-order valence-corrected chi connectivity index (χ1v) is 17.7. The largest absolute Gasteiger partial charge is 0.481 e. The van der Waals surface area contributed by atoms with Gasteiger partial charge in [-0.3, -0.25) is 9.59 Å². The molecule has 47 heavy (non-hydrogen) atoms. The molecule has 0 fully saturated rings. The zero-order chi connectivity index (χ0) is 32.8. The van der Waals surface area contributed by atoms with Crippen LogP contribution in [0.4, 0.5) is 0 Å². The third kappa shape index (κ3) is 5.96. The highest BCUT2D eigenvalue weighted by atomic mass is 32.1. The summed E-state index contributed by atoms with van der Waals surface area (Å²) in [4.78, 5) is 37.6. The highest BCUT2D eigenvalue weighted by molar-refractivity contribution is 7.19. The number of benzene rings is 2. The van der Waals surface area contributed by atoms with Gasteiger partial charge in [0.05, 0.1) is 6.42 Å². The summed E-state index contributed by atoms with van der Waals surface area (Å²) in [6.45, 7) is 7.51. The van der Waals surface area contributed by atoms with Crippen molar-refractivity contribution in [1.82, 2.24) is 9.97 Å². The van der Waals surface area contributed by atoms with Crippen LogP contribution in [0.25, 0.3) is 42.8 Å². The van der Waals surface area contributed by atoms with Gasteiger partial charge in [0, 0.05) is 38.7 Å². The second-order valence-corrected chi connectivity index (χ2v) is 14.6. The van der Waals surface area contributed by atoms with Crippen LogP contribution in [0.5, 0.6) is 5.75 Å². The van der Waals surface area contributed by atoms with Gasteiger partial charge in [0.15, 0.2) is 5.75 Å². The molecule has 2 aromatic carbocycles. The van der Waals surface area contributed by atoms with E-state index in [1.165, 1.54) is 51.6 Å². The van der Waals surface area contributed by atoms with Gasteiger partial charge >= 0.3 is 11.9 Å². The minimum absolute atomic E-state index is 0.0175. The van der Waals surface area contributed by atoms with Gasteiger partial charge in [-0.05, 0) is 98.7 Å². The molecule has 0 amide bonds. The lowest BCUT2D eigenvalue weighted by molar-refractivity contribution is -0.136. The molecule has 4 heterocycles. The van der Waals surface area contributed by atoms with E-state index in [0.29, 0.717) is 5.75 Å². The molecule has 0 unspecified atom stereocenters. The Morgan fingerprint density at radius 3 is 2.26 bits per heavy atom. The van der Waals surface area contributed by atoms with Gasteiger partial charge in [0.2, 0.25) is 0 Å². The summed E-state index contributed by atoms with van der Waals surface area (Å²) in [5, 5.41) is 11.7. The molecule has 0 spiro atoms. The van der Waals surface area contributed by atoms with E-state index >= 15 is 0 Å². The summed E-state index contributed by atoms with van der Waals surface area (Å²) in [6, 6.07) is 18.4. The van der Waals surface area contributed by atoms with Gasteiger partial charge in [-0.2, -0.15) is 0 Å². The number of nitrogens with zero attached hydrogens (tertiary/aromatic N) is 2. The van der Waals surface area contributed by atoms with Gasteiger partial charge in [-0.15, -0.1) is 22.7 Å². The third-order valence-corrected chi connectivity index (χ3v) is 11.5. The van der Waals surface area contributed by atoms with Gasteiger partial charge < -0.3 is 9.84 Å². The zero-order valence-corrected chi connectivity index (χ0v) is 28.7. The monoisotopic (exact) mass is 660 g/mol. The number of rotatable bonds is 5. The van der Waals surface area contributed by atoms with Crippen LogP contribution in [0.15, 0.2) is 54.6 Å². The average Bonchev–Trinajstić information content (AvgIpc) is 3.80. The number of aryl methyl sites for hydroxylation is 7. The number of esters is 1. The Kier molecular flexibility index (Phi) is 8.41. The Labute approximate surface area is 282 Å². The van der Waals surface area contributed by atoms with E-state index in [2.05, 4.69) is 44.2 Å². The van der Waals surface area contributed by atoms with E-state index in [4.69, 9.17) is 14.7 Å². The molecule has 6 nitrogen and oxygen atoms in total. The second-order valence-electron chi connectivity index (χ2n) is 12.5. The van der Waals surface area contributed by atoms with Crippen LogP contribution < -0.4 is 4.74 Å². The van der Waals surface area contributed by atoms with E-state index in [1.54, 1.807) is 22.7 Å². The highest BCUT2D eigenvalue weighted by Crippen LogP contribution is 2.44. The maximum Gasteiger partial charge on any atom is 0.308 e. The molecule has 1 N–H and O–H groups in total. The molecule has 0 aliphatic heterocycles. The number of fused-ring (bicyclic) bond motifs is 6. The van der Waals surface area contributed by atoms with Crippen molar-refractivity contribution in [3.8, 4) is 28.1 Å². The molecule has 8 heteroatoms. The second kappa shape index (κ2) is 12.7.